The van der Waals surface area contributed by atoms with Crippen LogP contribution in [0.15, 0.2) is 36.7 Å². The number of aryl methyl sites for hydroxylation is 1. The van der Waals surface area contributed by atoms with Crippen molar-refractivity contribution in [3.8, 4) is 11.3 Å². The molecule has 0 radical (unpaired) electrons. The number of carbonyl (C=O) groups excluding carboxylic acids is 1. The van der Waals surface area contributed by atoms with Gasteiger partial charge in [-0.15, -0.1) is 0 Å². The molecule has 0 saturated carbocycles. The van der Waals surface area contributed by atoms with Gasteiger partial charge in [-0.3, -0.25) is 9.89 Å². The number of fused-ring (bicyclic) bond motifs is 5. The highest BCUT2D eigenvalue weighted by Gasteiger charge is 2.21. The lowest BCUT2D eigenvalue weighted by atomic mass is 9.86. The highest BCUT2D eigenvalue weighted by molar-refractivity contribution is 6.06. The molecule has 1 aliphatic carbocycles. The molecule has 1 aromatic carbocycles. The highest BCUT2D eigenvalue weighted by Crippen LogP contribution is 2.37. The minimum absolute atomic E-state index is 0.0477. The molecule has 0 aliphatic heterocycles. The Morgan fingerprint density at radius 3 is 2.65 bits per heavy atom. The molecule has 0 fully saturated rings. The molecular formula is C24H26N6O. The zero-order chi connectivity index (χ0) is 21.4. The number of amides is 1. The Balaban J connectivity index is 1.53. The number of benzene rings is 1. The van der Waals surface area contributed by atoms with Gasteiger partial charge in [0.1, 0.15) is 0 Å². The van der Waals surface area contributed by atoms with E-state index in [-0.39, 0.29) is 5.91 Å². The molecule has 31 heavy (non-hydrogen) atoms. The normalized spacial score (nSPS) is 13.6. The van der Waals surface area contributed by atoms with Gasteiger partial charge in [-0.25, -0.2) is 9.97 Å². The number of likely N-dealkylation sites (N-methyl/N-ethyl adjacent to an activating group) is 1. The summed E-state index contributed by atoms with van der Waals surface area (Å²) in [7, 11) is 3.98. The molecule has 5 rings (SSSR count). The van der Waals surface area contributed by atoms with Gasteiger partial charge in [0.05, 0.1) is 23.6 Å². The first-order valence-electron chi connectivity index (χ1n) is 10.8. The van der Waals surface area contributed by atoms with Crippen molar-refractivity contribution >= 4 is 27.8 Å². The van der Waals surface area contributed by atoms with Crippen LogP contribution in [0.3, 0.4) is 0 Å². The van der Waals surface area contributed by atoms with Crippen LogP contribution in [0.4, 0.5) is 0 Å². The van der Waals surface area contributed by atoms with E-state index in [1.54, 1.807) is 0 Å². The largest absolute Gasteiger partial charge is 0.351 e. The van der Waals surface area contributed by atoms with E-state index in [9.17, 15) is 4.79 Å². The smallest absolute Gasteiger partial charge is 0.251 e. The van der Waals surface area contributed by atoms with Crippen molar-refractivity contribution in [1.82, 2.24) is 30.4 Å². The van der Waals surface area contributed by atoms with E-state index in [1.165, 1.54) is 29.4 Å². The van der Waals surface area contributed by atoms with Crippen LogP contribution in [0.1, 0.15) is 34.3 Å². The van der Waals surface area contributed by atoms with Gasteiger partial charge in [0.2, 0.25) is 0 Å². The third-order valence-electron chi connectivity index (χ3n) is 6.01. The SMILES string of the molecule is CN(C)CCNC(=O)c1ccc(-c2nc3cnc4[nH]ncc4c3c3c2CCCC3)cc1. The number of carbonyl (C=O) groups is 1. The molecule has 0 bridgehead atoms. The minimum atomic E-state index is -0.0477. The van der Waals surface area contributed by atoms with E-state index >= 15 is 0 Å². The number of pyridine rings is 2. The lowest BCUT2D eigenvalue weighted by Crippen LogP contribution is -2.31. The van der Waals surface area contributed by atoms with E-state index in [1.807, 2.05) is 55.7 Å². The Bertz CT molecular complexity index is 1260. The summed E-state index contributed by atoms with van der Waals surface area (Å²) in [6.07, 6.45) is 8.09. The number of nitrogens with one attached hydrogen (secondary N) is 2. The number of rotatable bonds is 5. The third kappa shape index (κ3) is 3.65. The van der Waals surface area contributed by atoms with Gasteiger partial charge in [0.25, 0.3) is 5.91 Å². The number of hydrogen-bond donors (Lipinski definition) is 2. The van der Waals surface area contributed by atoms with E-state index in [2.05, 4.69) is 20.5 Å². The molecular weight excluding hydrogens is 388 g/mol. The summed E-state index contributed by atoms with van der Waals surface area (Å²) in [6, 6.07) is 7.79. The lowest BCUT2D eigenvalue weighted by Gasteiger charge is -2.21. The molecule has 3 aromatic heterocycles. The van der Waals surface area contributed by atoms with Crippen LogP contribution in [-0.4, -0.2) is 58.2 Å². The van der Waals surface area contributed by atoms with Crippen molar-refractivity contribution in [2.45, 2.75) is 25.7 Å². The van der Waals surface area contributed by atoms with Crippen molar-refractivity contribution in [2.75, 3.05) is 27.2 Å². The van der Waals surface area contributed by atoms with Crippen molar-refractivity contribution in [2.24, 2.45) is 0 Å². The van der Waals surface area contributed by atoms with E-state index < -0.39 is 0 Å². The molecule has 1 aliphatic rings. The van der Waals surface area contributed by atoms with Crippen molar-refractivity contribution in [3.05, 3.63) is 53.3 Å². The summed E-state index contributed by atoms with van der Waals surface area (Å²) in [6.45, 7) is 1.44. The molecule has 158 valence electrons. The topological polar surface area (TPSA) is 86.8 Å². The van der Waals surface area contributed by atoms with Crippen LogP contribution in [0.25, 0.3) is 33.2 Å². The maximum absolute atomic E-state index is 12.4. The summed E-state index contributed by atoms with van der Waals surface area (Å²) >= 11 is 0. The Labute approximate surface area is 180 Å². The van der Waals surface area contributed by atoms with Crippen molar-refractivity contribution in [3.63, 3.8) is 0 Å². The molecule has 0 saturated heterocycles. The van der Waals surface area contributed by atoms with E-state index in [4.69, 9.17) is 4.98 Å². The van der Waals surface area contributed by atoms with Gasteiger partial charge >= 0.3 is 0 Å². The maximum Gasteiger partial charge on any atom is 0.251 e. The van der Waals surface area contributed by atoms with Gasteiger partial charge in [-0.2, -0.15) is 5.10 Å². The number of hydrogen-bond acceptors (Lipinski definition) is 5. The number of aromatic amines is 1. The van der Waals surface area contributed by atoms with Crippen LogP contribution in [0.5, 0.6) is 0 Å². The van der Waals surface area contributed by atoms with Gasteiger partial charge in [-0.05, 0) is 63.0 Å². The lowest BCUT2D eigenvalue weighted by molar-refractivity contribution is 0.0951. The molecule has 0 unspecified atom stereocenters. The maximum atomic E-state index is 12.4. The zero-order valence-corrected chi connectivity index (χ0v) is 17.9. The number of H-pyrrole nitrogens is 1. The fourth-order valence-electron chi connectivity index (χ4n) is 4.43. The second-order valence-corrected chi connectivity index (χ2v) is 8.41. The van der Waals surface area contributed by atoms with Crippen LogP contribution in [0.2, 0.25) is 0 Å². The van der Waals surface area contributed by atoms with Crippen LogP contribution in [0, 0.1) is 0 Å². The minimum Gasteiger partial charge on any atom is -0.351 e. The molecule has 7 nitrogen and oxygen atoms in total. The Morgan fingerprint density at radius 2 is 1.87 bits per heavy atom. The molecule has 1 amide bonds. The summed E-state index contributed by atoms with van der Waals surface area (Å²) < 4.78 is 0. The molecule has 3 heterocycles. The first-order valence-corrected chi connectivity index (χ1v) is 10.8. The predicted molar refractivity (Wildman–Crippen MR) is 122 cm³/mol. The van der Waals surface area contributed by atoms with Crippen molar-refractivity contribution < 1.29 is 4.79 Å². The second-order valence-electron chi connectivity index (χ2n) is 8.41. The van der Waals surface area contributed by atoms with E-state index in [0.717, 1.165) is 47.2 Å². The van der Waals surface area contributed by atoms with Crippen LogP contribution < -0.4 is 5.32 Å². The van der Waals surface area contributed by atoms with Gasteiger partial charge in [0.15, 0.2) is 5.65 Å². The predicted octanol–water partition coefficient (Wildman–Crippen LogP) is 3.34. The summed E-state index contributed by atoms with van der Waals surface area (Å²) in [5, 5.41) is 12.3. The average molecular weight is 415 g/mol. The standard InChI is InChI=1S/C24H26N6O/c1-30(2)12-11-25-24(31)16-9-7-15(8-10-16)22-18-6-4-3-5-17(18)21-19-13-27-29-23(19)26-14-20(21)28-22/h7-10,13-14H,3-6,11-12H2,1-2H3,(H,25,31)(H,26,27,29). The van der Waals surface area contributed by atoms with Gasteiger partial charge < -0.3 is 10.2 Å². The summed E-state index contributed by atoms with van der Waals surface area (Å²) in [4.78, 5) is 24.0. The second kappa shape index (κ2) is 8.07. The average Bonchev–Trinajstić information content (AvgIpc) is 3.27. The quantitative estimate of drug-likeness (QED) is 0.523. The Hall–Kier alpha value is -3.32. The van der Waals surface area contributed by atoms with Crippen molar-refractivity contribution in [1.29, 1.82) is 0 Å². The Kier molecular flexibility index (Phi) is 5.11. The molecule has 2 N–H and O–H groups in total. The van der Waals surface area contributed by atoms with Crippen LogP contribution >= 0.6 is 0 Å². The monoisotopic (exact) mass is 414 g/mol. The molecule has 4 aromatic rings. The summed E-state index contributed by atoms with van der Waals surface area (Å²) in [5.41, 5.74) is 7.10. The molecule has 0 atom stereocenters. The van der Waals surface area contributed by atoms with Gasteiger partial charge in [0, 0.05) is 35.0 Å². The first kappa shape index (κ1) is 19.6. The first-order chi connectivity index (χ1) is 15.1. The van der Waals surface area contributed by atoms with Crippen LogP contribution in [-0.2, 0) is 12.8 Å². The fraction of sp³-hybridized carbons (Fsp3) is 0.333. The van der Waals surface area contributed by atoms with E-state index in [0.29, 0.717) is 12.1 Å². The Morgan fingerprint density at radius 1 is 1.10 bits per heavy atom. The number of aromatic nitrogens is 4. The molecule has 7 heteroatoms. The number of nitrogens with zero attached hydrogens (tertiary/aromatic N) is 4. The fourth-order valence-corrected chi connectivity index (χ4v) is 4.43. The zero-order valence-electron chi connectivity index (χ0n) is 17.9. The third-order valence-corrected chi connectivity index (χ3v) is 6.01. The highest BCUT2D eigenvalue weighted by atomic mass is 16.1. The summed E-state index contributed by atoms with van der Waals surface area (Å²) in [5.74, 6) is -0.0477. The molecule has 0 spiro atoms. The van der Waals surface area contributed by atoms with Gasteiger partial charge in [-0.1, -0.05) is 12.1 Å².